The third-order valence-electron chi connectivity index (χ3n) is 5.50. The van der Waals surface area contributed by atoms with Gasteiger partial charge in [0.15, 0.2) is 0 Å². The second-order valence-corrected chi connectivity index (χ2v) is 8.47. The summed E-state index contributed by atoms with van der Waals surface area (Å²) in [6, 6.07) is 5.05. The van der Waals surface area contributed by atoms with Crippen LogP contribution in [-0.4, -0.2) is 24.9 Å². The smallest absolute Gasteiger partial charge is 0.234 e. The van der Waals surface area contributed by atoms with Gasteiger partial charge in [-0.05, 0) is 36.3 Å². The van der Waals surface area contributed by atoms with Crippen LogP contribution in [0.1, 0.15) is 33.1 Å². The van der Waals surface area contributed by atoms with Crippen molar-refractivity contribution in [2.75, 3.05) is 10.5 Å². The minimum Gasteiger partial charge on any atom is -0.299 e. The highest BCUT2D eigenvalue weighted by atomic mass is 32.2. The van der Waals surface area contributed by atoms with Crippen molar-refractivity contribution >= 4 is 21.6 Å². The number of nitrogens with one attached hydrogen (secondary N) is 1. The number of anilines is 1. The Morgan fingerprint density at radius 2 is 2.14 bits per heavy atom. The molecule has 0 saturated heterocycles. The third kappa shape index (κ3) is 2.16. The van der Waals surface area contributed by atoms with Crippen LogP contribution in [0, 0.1) is 16.7 Å². The first kappa shape index (κ1) is 14.5. The van der Waals surface area contributed by atoms with Gasteiger partial charge in [-0.3, -0.25) is 9.52 Å². The Morgan fingerprint density at radius 3 is 2.67 bits per heavy atom. The Labute approximate surface area is 125 Å². The molecule has 1 aromatic heterocycles. The van der Waals surface area contributed by atoms with Crippen LogP contribution < -0.4 is 4.72 Å². The van der Waals surface area contributed by atoms with E-state index in [1.165, 1.54) is 6.20 Å². The summed E-state index contributed by atoms with van der Waals surface area (Å²) in [5.74, 6) is 0.579. The molecule has 0 unspecified atom stereocenters. The van der Waals surface area contributed by atoms with Gasteiger partial charge in [0.05, 0.1) is 11.2 Å². The third-order valence-corrected chi connectivity index (χ3v) is 6.89. The Bertz CT molecular complexity index is 669. The van der Waals surface area contributed by atoms with E-state index in [1.807, 2.05) is 13.8 Å². The summed E-state index contributed by atoms with van der Waals surface area (Å²) in [5, 5.41) is 0. The maximum Gasteiger partial charge on any atom is 0.234 e. The van der Waals surface area contributed by atoms with Gasteiger partial charge in [0.2, 0.25) is 10.0 Å². The van der Waals surface area contributed by atoms with Gasteiger partial charge < -0.3 is 0 Å². The van der Waals surface area contributed by atoms with Crippen molar-refractivity contribution in [1.82, 2.24) is 4.98 Å². The van der Waals surface area contributed by atoms with Gasteiger partial charge in [-0.2, -0.15) is 0 Å². The van der Waals surface area contributed by atoms with Crippen molar-refractivity contribution < 1.29 is 13.2 Å². The summed E-state index contributed by atoms with van der Waals surface area (Å²) in [7, 11) is -3.60. The van der Waals surface area contributed by atoms with E-state index >= 15 is 0 Å². The maximum absolute atomic E-state index is 12.5. The van der Waals surface area contributed by atoms with Gasteiger partial charge in [-0.1, -0.05) is 19.9 Å². The number of aromatic nitrogens is 1. The van der Waals surface area contributed by atoms with Crippen LogP contribution in [-0.2, 0) is 14.8 Å². The molecule has 21 heavy (non-hydrogen) atoms. The molecule has 2 aliphatic carbocycles. The fourth-order valence-electron chi connectivity index (χ4n) is 4.05. The number of carbonyl (C=O) groups is 1. The lowest BCUT2D eigenvalue weighted by molar-refractivity contribution is -0.128. The molecule has 2 fully saturated rings. The number of pyridine rings is 1. The topological polar surface area (TPSA) is 76.1 Å². The monoisotopic (exact) mass is 308 g/mol. The molecule has 0 spiro atoms. The minimum atomic E-state index is -3.60. The van der Waals surface area contributed by atoms with Crippen LogP contribution in [0.3, 0.4) is 0 Å². The van der Waals surface area contributed by atoms with Crippen molar-refractivity contribution in [2.45, 2.75) is 33.1 Å². The highest BCUT2D eigenvalue weighted by molar-refractivity contribution is 7.92. The lowest BCUT2D eigenvalue weighted by atomic mass is 9.70. The van der Waals surface area contributed by atoms with Gasteiger partial charge >= 0.3 is 0 Å². The van der Waals surface area contributed by atoms with Gasteiger partial charge in [-0.25, -0.2) is 13.4 Å². The number of fused-ring (bicyclic) bond motifs is 2. The summed E-state index contributed by atoms with van der Waals surface area (Å²) in [6.07, 6.45) is 3.67. The molecule has 0 aromatic carbocycles. The SMILES string of the molecule is CC1(C)[C@H]2CC[C@]1(CS(=O)(=O)Nc1ccccn1)C(=O)C2. The van der Waals surface area contributed by atoms with E-state index in [-0.39, 0.29) is 17.0 Å². The predicted molar refractivity (Wildman–Crippen MR) is 80.2 cm³/mol. The van der Waals surface area contributed by atoms with Crippen LogP contribution in [0.4, 0.5) is 5.82 Å². The van der Waals surface area contributed by atoms with E-state index in [1.54, 1.807) is 18.2 Å². The Kier molecular flexibility index (Phi) is 3.13. The number of rotatable bonds is 4. The van der Waals surface area contributed by atoms with E-state index in [0.29, 0.717) is 24.6 Å². The Hall–Kier alpha value is -1.43. The molecular weight excluding hydrogens is 288 g/mol. The van der Waals surface area contributed by atoms with E-state index in [2.05, 4.69) is 9.71 Å². The molecule has 6 heteroatoms. The zero-order chi connectivity index (χ0) is 15.3. The standard InChI is InChI=1S/C15H20N2O3S/c1-14(2)11-6-7-15(14,12(18)9-11)10-21(19,20)17-13-5-3-4-8-16-13/h3-5,8,11H,6-7,9-10H2,1-2H3,(H,16,17)/t11-,15-/m0/s1. The molecule has 1 heterocycles. The van der Waals surface area contributed by atoms with Gasteiger partial charge in [0.1, 0.15) is 11.6 Å². The normalized spacial score (nSPS) is 30.6. The number of hydrogen-bond acceptors (Lipinski definition) is 4. The number of nitrogens with zero attached hydrogens (tertiary/aromatic N) is 1. The van der Waals surface area contributed by atoms with Gasteiger partial charge in [0, 0.05) is 12.6 Å². The summed E-state index contributed by atoms with van der Waals surface area (Å²) in [6.45, 7) is 4.07. The van der Waals surface area contributed by atoms with Crippen molar-refractivity contribution in [3.05, 3.63) is 24.4 Å². The summed E-state index contributed by atoms with van der Waals surface area (Å²) in [4.78, 5) is 16.4. The zero-order valence-electron chi connectivity index (χ0n) is 12.3. The minimum absolute atomic E-state index is 0.107. The van der Waals surface area contributed by atoms with Gasteiger partial charge in [0.25, 0.3) is 0 Å². The molecule has 1 aromatic rings. The molecule has 2 aliphatic rings. The van der Waals surface area contributed by atoms with Crippen molar-refractivity contribution in [3.8, 4) is 0 Å². The van der Waals surface area contributed by atoms with Crippen LogP contribution in [0.5, 0.6) is 0 Å². The number of ketones is 1. The second-order valence-electron chi connectivity index (χ2n) is 6.74. The molecule has 2 atom stereocenters. The van der Waals surface area contributed by atoms with E-state index in [9.17, 15) is 13.2 Å². The Balaban J connectivity index is 1.87. The average molecular weight is 308 g/mol. The first-order chi connectivity index (χ1) is 9.77. The fourth-order valence-corrected chi connectivity index (χ4v) is 5.89. The lowest BCUT2D eigenvalue weighted by Crippen LogP contribution is -2.43. The van der Waals surface area contributed by atoms with Crippen molar-refractivity contribution in [2.24, 2.45) is 16.7 Å². The largest absolute Gasteiger partial charge is 0.299 e. The molecule has 5 nitrogen and oxygen atoms in total. The first-order valence-corrected chi connectivity index (χ1v) is 8.87. The molecule has 0 aliphatic heterocycles. The highest BCUT2D eigenvalue weighted by Crippen LogP contribution is 2.64. The maximum atomic E-state index is 12.5. The highest BCUT2D eigenvalue weighted by Gasteiger charge is 2.65. The quantitative estimate of drug-likeness (QED) is 0.925. The molecular formula is C15H20N2O3S. The van der Waals surface area contributed by atoms with Crippen LogP contribution in [0.25, 0.3) is 0 Å². The summed E-state index contributed by atoms with van der Waals surface area (Å²) >= 11 is 0. The summed E-state index contributed by atoms with van der Waals surface area (Å²) < 4.78 is 27.4. The van der Waals surface area contributed by atoms with Crippen molar-refractivity contribution in [3.63, 3.8) is 0 Å². The molecule has 3 rings (SSSR count). The molecule has 0 amide bonds. The van der Waals surface area contributed by atoms with Crippen LogP contribution >= 0.6 is 0 Å². The molecule has 0 radical (unpaired) electrons. The second kappa shape index (κ2) is 4.53. The van der Waals surface area contributed by atoms with E-state index in [0.717, 1.165) is 6.42 Å². The molecule has 114 valence electrons. The van der Waals surface area contributed by atoms with E-state index in [4.69, 9.17) is 0 Å². The number of hydrogen-bond donors (Lipinski definition) is 1. The Morgan fingerprint density at radius 1 is 1.38 bits per heavy atom. The number of carbonyl (C=O) groups excluding carboxylic acids is 1. The molecule has 1 N–H and O–H groups in total. The lowest BCUT2D eigenvalue weighted by Gasteiger charge is -2.36. The number of Topliss-reactive ketones (excluding diaryl/α,β-unsaturated/α-hetero) is 1. The zero-order valence-corrected chi connectivity index (χ0v) is 13.1. The van der Waals surface area contributed by atoms with Crippen molar-refractivity contribution in [1.29, 1.82) is 0 Å². The fraction of sp³-hybridized carbons (Fsp3) is 0.600. The number of sulfonamides is 1. The predicted octanol–water partition coefficient (Wildman–Crippen LogP) is 2.22. The first-order valence-electron chi connectivity index (χ1n) is 7.22. The summed E-state index contributed by atoms with van der Waals surface area (Å²) in [5.41, 5.74) is -0.985. The molecule has 2 bridgehead atoms. The van der Waals surface area contributed by atoms with Gasteiger partial charge in [-0.15, -0.1) is 0 Å². The van der Waals surface area contributed by atoms with Crippen LogP contribution in [0.2, 0.25) is 0 Å². The average Bonchev–Trinajstić information content (AvgIpc) is 2.72. The van der Waals surface area contributed by atoms with E-state index < -0.39 is 15.4 Å². The van der Waals surface area contributed by atoms with Crippen LogP contribution in [0.15, 0.2) is 24.4 Å². The molecule has 2 saturated carbocycles.